The molecule has 2 N–H and O–H groups in total. The number of carboxylic acid groups (broad SMARTS) is 1. The maximum Gasteiger partial charge on any atom is 0.303 e. The van der Waals surface area contributed by atoms with Crippen LogP contribution in [0.1, 0.15) is 38.8 Å². The molecule has 1 aromatic rings. The molecular weight excluding hydrogens is 218 g/mol. The van der Waals surface area contributed by atoms with E-state index in [1.807, 2.05) is 13.0 Å². The van der Waals surface area contributed by atoms with Gasteiger partial charge in [-0.1, -0.05) is 13.3 Å². The van der Waals surface area contributed by atoms with Crippen LogP contribution >= 0.6 is 0 Å². The molecule has 0 aromatic carbocycles. The maximum absolute atomic E-state index is 10.4. The van der Waals surface area contributed by atoms with E-state index in [-0.39, 0.29) is 12.5 Å². The number of carboxylic acids is 1. The van der Waals surface area contributed by atoms with Gasteiger partial charge in [0.05, 0.1) is 0 Å². The second kappa shape index (κ2) is 6.83. The van der Waals surface area contributed by atoms with E-state index in [0.29, 0.717) is 6.42 Å². The maximum atomic E-state index is 10.4. The molecule has 0 bridgehead atoms. The first-order valence-corrected chi connectivity index (χ1v) is 5.91. The number of hydrogen-bond acceptors (Lipinski definition) is 4. The zero-order chi connectivity index (χ0) is 12.7. The van der Waals surface area contributed by atoms with Crippen molar-refractivity contribution in [1.82, 2.24) is 9.97 Å². The fraction of sp³-hybridized carbons (Fsp3) is 0.583. The molecule has 94 valence electrons. The second-order valence-corrected chi connectivity index (χ2v) is 4.12. The van der Waals surface area contributed by atoms with Crippen molar-refractivity contribution in [3.8, 4) is 0 Å². The molecule has 0 saturated heterocycles. The number of aromatic nitrogens is 2. The minimum Gasteiger partial charge on any atom is -0.481 e. The van der Waals surface area contributed by atoms with Crippen molar-refractivity contribution in [3.63, 3.8) is 0 Å². The first-order valence-electron chi connectivity index (χ1n) is 5.91. The van der Waals surface area contributed by atoms with Gasteiger partial charge >= 0.3 is 5.97 Å². The van der Waals surface area contributed by atoms with Crippen LogP contribution in [0.3, 0.4) is 0 Å². The zero-order valence-electron chi connectivity index (χ0n) is 10.3. The SMILES string of the molecule is CCCc1cc(NC(C)CCC(=O)O)ncn1. The number of hydrogen-bond donors (Lipinski definition) is 2. The molecule has 0 radical (unpaired) electrons. The number of nitrogens with zero attached hydrogens (tertiary/aromatic N) is 2. The molecule has 1 rings (SSSR count). The summed E-state index contributed by atoms with van der Waals surface area (Å²) in [6.07, 6.45) is 4.27. The molecule has 17 heavy (non-hydrogen) atoms. The van der Waals surface area contributed by atoms with Gasteiger partial charge in [-0.3, -0.25) is 4.79 Å². The summed E-state index contributed by atoms with van der Waals surface area (Å²) in [6.45, 7) is 4.05. The highest BCUT2D eigenvalue weighted by Gasteiger charge is 2.06. The van der Waals surface area contributed by atoms with Gasteiger partial charge in [0.1, 0.15) is 12.1 Å². The lowest BCUT2D eigenvalue weighted by molar-refractivity contribution is -0.137. The van der Waals surface area contributed by atoms with Crippen molar-refractivity contribution in [1.29, 1.82) is 0 Å². The van der Waals surface area contributed by atoms with Crippen molar-refractivity contribution in [3.05, 3.63) is 18.1 Å². The summed E-state index contributed by atoms with van der Waals surface area (Å²) in [7, 11) is 0. The minimum atomic E-state index is -0.770. The number of aryl methyl sites for hydroxylation is 1. The van der Waals surface area contributed by atoms with Crippen LogP contribution in [0, 0.1) is 0 Å². The Balaban J connectivity index is 2.49. The highest BCUT2D eigenvalue weighted by molar-refractivity contribution is 5.66. The van der Waals surface area contributed by atoms with E-state index in [2.05, 4.69) is 22.2 Å². The summed E-state index contributed by atoms with van der Waals surface area (Å²) in [5.41, 5.74) is 1.01. The quantitative estimate of drug-likeness (QED) is 0.759. The smallest absolute Gasteiger partial charge is 0.303 e. The van der Waals surface area contributed by atoms with Gasteiger partial charge in [-0.25, -0.2) is 9.97 Å². The highest BCUT2D eigenvalue weighted by atomic mass is 16.4. The third-order valence-corrected chi connectivity index (χ3v) is 2.42. The van der Waals surface area contributed by atoms with E-state index in [0.717, 1.165) is 24.4 Å². The predicted molar refractivity (Wildman–Crippen MR) is 66.0 cm³/mol. The Bertz CT molecular complexity index is 369. The molecule has 0 fully saturated rings. The first kappa shape index (κ1) is 13.4. The van der Waals surface area contributed by atoms with E-state index in [1.165, 1.54) is 6.33 Å². The number of rotatable bonds is 7. The van der Waals surface area contributed by atoms with E-state index < -0.39 is 5.97 Å². The van der Waals surface area contributed by atoms with Crippen LogP contribution in [-0.2, 0) is 11.2 Å². The number of nitrogens with one attached hydrogen (secondary N) is 1. The molecule has 5 nitrogen and oxygen atoms in total. The van der Waals surface area contributed by atoms with Gasteiger partial charge in [-0.05, 0) is 19.8 Å². The van der Waals surface area contributed by atoms with Gasteiger partial charge in [0.2, 0.25) is 0 Å². The van der Waals surface area contributed by atoms with Crippen molar-refractivity contribution < 1.29 is 9.90 Å². The van der Waals surface area contributed by atoms with Gasteiger partial charge < -0.3 is 10.4 Å². The normalized spacial score (nSPS) is 12.1. The van der Waals surface area contributed by atoms with Gasteiger partial charge in [-0.15, -0.1) is 0 Å². The predicted octanol–water partition coefficient (Wildman–Crippen LogP) is 2.09. The van der Waals surface area contributed by atoms with Gasteiger partial charge in [0.15, 0.2) is 0 Å². The minimum absolute atomic E-state index is 0.0930. The first-order chi connectivity index (χ1) is 8.11. The molecule has 1 atom stereocenters. The van der Waals surface area contributed by atoms with E-state index >= 15 is 0 Å². The Kier molecular flexibility index (Phi) is 5.39. The summed E-state index contributed by atoms with van der Waals surface area (Å²) >= 11 is 0. The summed E-state index contributed by atoms with van der Waals surface area (Å²) in [6, 6.07) is 2.01. The molecule has 1 aromatic heterocycles. The number of carbonyl (C=O) groups is 1. The van der Waals surface area contributed by atoms with Crippen molar-refractivity contribution in [2.45, 2.75) is 45.6 Å². The van der Waals surface area contributed by atoms with Crippen LogP contribution in [-0.4, -0.2) is 27.1 Å². The molecule has 0 aliphatic carbocycles. The topological polar surface area (TPSA) is 75.1 Å². The summed E-state index contributed by atoms with van der Waals surface area (Å²) < 4.78 is 0. The Morgan fingerprint density at radius 3 is 2.94 bits per heavy atom. The molecule has 1 unspecified atom stereocenters. The molecular formula is C12H19N3O2. The standard InChI is InChI=1S/C12H19N3O2/c1-3-4-10-7-11(14-8-13-10)15-9(2)5-6-12(16)17/h7-9H,3-6H2,1-2H3,(H,16,17)(H,13,14,15). The fourth-order valence-corrected chi connectivity index (χ4v) is 1.53. The van der Waals surface area contributed by atoms with Crippen LogP contribution < -0.4 is 5.32 Å². The van der Waals surface area contributed by atoms with E-state index in [9.17, 15) is 4.79 Å². The van der Waals surface area contributed by atoms with E-state index in [1.54, 1.807) is 0 Å². The van der Waals surface area contributed by atoms with Crippen molar-refractivity contribution in [2.75, 3.05) is 5.32 Å². The molecule has 0 amide bonds. The van der Waals surface area contributed by atoms with Crippen LogP contribution in [0.25, 0.3) is 0 Å². The molecule has 0 spiro atoms. The summed E-state index contributed by atoms with van der Waals surface area (Å²) in [5.74, 6) is -0.00523. The lowest BCUT2D eigenvalue weighted by Gasteiger charge is -2.13. The van der Waals surface area contributed by atoms with Gasteiger partial charge in [-0.2, -0.15) is 0 Å². The Morgan fingerprint density at radius 1 is 1.53 bits per heavy atom. The van der Waals surface area contributed by atoms with Crippen molar-refractivity contribution >= 4 is 11.8 Å². The number of aliphatic carboxylic acids is 1. The average molecular weight is 237 g/mol. The van der Waals surface area contributed by atoms with Gasteiger partial charge in [0.25, 0.3) is 0 Å². The molecule has 1 heterocycles. The second-order valence-electron chi connectivity index (χ2n) is 4.12. The lowest BCUT2D eigenvalue weighted by Crippen LogP contribution is -2.17. The molecule has 5 heteroatoms. The Labute approximate surface area is 101 Å². The largest absolute Gasteiger partial charge is 0.481 e. The van der Waals surface area contributed by atoms with E-state index in [4.69, 9.17) is 5.11 Å². The Hall–Kier alpha value is -1.65. The van der Waals surface area contributed by atoms with Gasteiger partial charge in [0, 0.05) is 24.2 Å². The lowest BCUT2D eigenvalue weighted by atomic mass is 10.2. The third-order valence-electron chi connectivity index (χ3n) is 2.42. The molecule has 0 aliphatic rings. The zero-order valence-corrected chi connectivity index (χ0v) is 10.3. The van der Waals surface area contributed by atoms with Crippen LogP contribution in [0.5, 0.6) is 0 Å². The fourth-order valence-electron chi connectivity index (χ4n) is 1.53. The monoisotopic (exact) mass is 237 g/mol. The van der Waals surface area contributed by atoms with Crippen LogP contribution in [0.2, 0.25) is 0 Å². The highest BCUT2D eigenvalue weighted by Crippen LogP contribution is 2.09. The third kappa shape index (κ3) is 5.29. The van der Waals surface area contributed by atoms with Crippen molar-refractivity contribution in [2.24, 2.45) is 0 Å². The number of anilines is 1. The summed E-state index contributed by atoms with van der Waals surface area (Å²) in [5, 5.41) is 11.8. The van der Waals surface area contributed by atoms with Crippen LogP contribution in [0.15, 0.2) is 12.4 Å². The Morgan fingerprint density at radius 2 is 2.29 bits per heavy atom. The molecule has 0 saturated carbocycles. The van der Waals surface area contributed by atoms with Crippen LogP contribution in [0.4, 0.5) is 5.82 Å². The average Bonchev–Trinajstić information content (AvgIpc) is 2.27. The summed E-state index contributed by atoms with van der Waals surface area (Å²) in [4.78, 5) is 18.7. The molecule has 0 aliphatic heterocycles.